The lowest BCUT2D eigenvalue weighted by Crippen LogP contribution is -2.21. The first-order valence-electron chi connectivity index (χ1n) is 8.72. The van der Waals surface area contributed by atoms with Gasteiger partial charge in [0.2, 0.25) is 5.95 Å². The standard InChI is InChI=1S/C20H23ClN6/c1-14-4-5-17(16(21)12-14)24-19-13-18(15-6-8-22-9-7-15)25-20(26-19)23-10-11-27(2)3/h4-9,12-13H,10-11H2,1-3H3,(H2,23,24,25,26). The highest BCUT2D eigenvalue weighted by molar-refractivity contribution is 6.33. The highest BCUT2D eigenvalue weighted by Gasteiger charge is 2.09. The van der Waals surface area contributed by atoms with Crippen molar-refractivity contribution in [3.63, 3.8) is 0 Å². The van der Waals surface area contributed by atoms with Crippen molar-refractivity contribution in [2.24, 2.45) is 0 Å². The minimum Gasteiger partial charge on any atom is -0.353 e. The van der Waals surface area contributed by atoms with Crippen LogP contribution in [-0.2, 0) is 0 Å². The number of likely N-dealkylation sites (N-methyl/N-ethyl adjacent to an activating group) is 1. The molecule has 2 N–H and O–H groups in total. The molecule has 0 spiro atoms. The molecule has 0 fully saturated rings. The van der Waals surface area contributed by atoms with E-state index >= 15 is 0 Å². The number of nitrogens with one attached hydrogen (secondary N) is 2. The fourth-order valence-corrected chi connectivity index (χ4v) is 2.79. The molecule has 0 aliphatic carbocycles. The van der Waals surface area contributed by atoms with Crippen molar-refractivity contribution in [1.29, 1.82) is 0 Å². The van der Waals surface area contributed by atoms with Crippen LogP contribution < -0.4 is 10.6 Å². The predicted molar refractivity (Wildman–Crippen MR) is 112 cm³/mol. The third-order valence-electron chi connectivity index (χ3n) is 3.93. The molecule has 0 unspecified atom stereocenters. The Kier molecular flexibility index (Phi) is 6.21. The van der Waals surface area contributed by atoms with E-state index < -0.39 is 0 Å². The van der Waals surface area contributed by atoms with Crippen molar-refractivity contribution in [2.75, 3.05) is 37.8 Å². The van der Waals surface area contributed by atoms with Crippen LogP contribution in [0.15, 0.2) is 48.8 Å². The van der Waals surface area contributed by atoms with Crippen molar-refractivity contribution >= 4 is 29.1 Å². The summed E-state index contributed by atoms with van der Waals surface area (Å²) >= 11 is 6.36. The number of nitrogens with zero attached hydrogens (tertiary/aromatic N) is 4. The number of hydrogen-bond donors (Lipinski definition) is 2. The Morgan fingerprint density at radius 1 is 1.04 bits per heavy atom. The van der Waals surface area contributed by atoms with Gasteiger partial charge in [0.15, 0.2) is 0 Å². The minimum atomic E-state index is 0.567. The van der Waals surface area contributed by atoms with Gasteiger partial charge in [-0.15, -0.1) is 0 Å². The topological polar surface area (TPSA) is 66.0 Å². The summed E-state index contributed by atoms with van der Waals surface area (Å²) in [5, 5.41) is 7.24. The van der Waals surface area contributed by atoms with Crippen molar-refractivity contribution in [2.45, 2.75) is 6.92 Å². The molecule has 1 aromatic carbocycles. The maximum absolute atomic E-state index is 6.36. The summed E-state index contributed by atoms with van der Waals surface area (Å²) in [4.78, 5) is 15.4. The van der Waals surface area contributed by atoms with Crippen LogP contribution in [0.5, 0.6) is 0 Å². The number of hydrogen-bond acceptors (Lipinski definition) is 6. The molecule has 0 saturated carbocycles. The second kappa shape index (κ2) is 8.79. The minimum absolute atomic E-state index is 0.567. The zero-order valence-corrected chi connectivity index (χ0v) is 16.5. The zero-order valence-electron chi connectivity index (χ0n) is 15.7. The van der Waals surface area contributed by atoms with E-state index in [4.69, 9.17) is 11.6 Å². The van der Waals surface area contributed by atoms with Gasteiger partial charge in [0.1, 0.15) is 5.82 Å². The summed E-state index contributed by atoms with van der Waals surface area (Å²) < 4.78 is 0. The second-order valence-electron chi connectivity index (χ2n) is 6.54. The molecule has 0 amide bonds. The van der Waals surface area contributed by atoms with Gasteiger partial charge in [-0.25, -0.2) is 4.98 Å². The Balaban J connectivity index is 1.91. The SMILES string of the molecule is Cc1ccc(Nc2cc(-c3ccncc3)nc(NCCN(C)C)n2)c(Cl)c1. The summed E-state index contributed by atoms with van der Waals surface area (Å²) in [5.74, 6) is 1.24. The molecule has 140 valence electrons. The average molecular weight is 383 g/mol. The fourth-order valence-electron chi connectivity index (χ4n) is 2.51. The number of anilines is 3. The van der Waals surface area contributed by atoms with Crippen LogP contribution in [0, 0.1) is 6.92 Å². The summed E-state index contributed by atoms with van der Waals surface area (Å²) in [6, 6.07) is 11.6. The molecule has 6 nitrogen and oxygen atoms in total. The van der Waals surface area contributed by atoms with Gasteiger partial charge in [-0.1, -0.05) is 17.7 Å². The number of benzene rings is 1. The Morgan fingerprint density at radius 3 is 2.52 bits per heavy atom. The highest BCUT2D eigenvalue weighted by atomic mass is 35.5. The molecule has 0 atom stereocenters. The first-order valence-corrected chi connectivity index (χ1v) is 9.10. The normalized spacial score (nSPS) is 10.9. The molecule has 3 rings (SSSR count). The van der Waals surface area contributed by atoms with Crippen LogP contribution in [0.4, 0.5) is 17.5 Å². The molecular weight excluding hydrogens is 360 g/mol. The predicted octanol–water partition coefficient (Wildman–Crippen LogP) is 4.22. The monoisotopic (exact) mass is 382 g/mol. The Morgan fingerprint density at radius 2 is 1.81 bits per heavy atom. The van der Waals surface area contributed by atoms with Gasteiger partial charge in [0.25, 0.3) is 0 Å². The van der Waals surface area contributed by atoms with Crippen LogP contribution >= 0.6 is 11.6 Å². The number of rotatable bonds is 7. The molecule has 2 heterocycles. The van der Waals surface area contributed by atoms with Gasteiger partial charge in [0, 0.05) is 37.1 Å². The molecule has 0 bridgehead atoms. The van der Waals surface area contributed by atoms with Crippen molar-refractivity contribution < 1.29 is 0 Å². The zero-order chi connectivity index (χ0) is 19.2. The average Bonchev–Trinajstić information content (AvgIpc) is 2.64. The molecule has 0 radical (unpaired) electrons. The summed E-state index contributed by atoms with van der Waals surface area (Å²) in [6.07, 6.45) is 3.50. The first kappa shape index (κ1) is 19.1. The van der Waals surface area contributed by atoms with Gasteiger partial charge < -0.3 is 15.5 Å². The number of pyridine rings is 1. The third kappa shape index (κ3) is 5.39. The van der Waals surface area contributed by atoms with Crippen LogP contribution in [0.2, 0.25) is 5.02 Å². The van der Waals surface area contributed by atoms with Crippen molar-refractivity contribution in [3.8, 4) is 11.3 Å². The van der Waals surface area contributed by atoms with Crippen LogP contribution in [-0.4, -0.2) is 47.0 Å². The molecule has 2 aromatic heterocycles. The largest absolute Gasteiger partial charge is 0.353 e. The number of aryl methyl sites for hydroxylation is 1. The van der Waals surface area contributed by atoms with E-state index in [1.54, 1.807) is 12.4 Å². The molecule has 27 heavy (non-hydrogen) atoms. The van der Waals surface area contributed by atoms with E-state index in [0.29, 0.717) is 16.8 Å². The Labute approximate surface area is 164 Å². The number of halogens is 1. The van der Waals surface area contributed by atoms with Crippen LogP contribution in [0.3, 0.4) is 0 Å². The Bertz CT molecular complexity index is 898. The van der Waals surface area contributed by atoms with Gasteiger partial charge in [-0.05, 0) is 50.8 Å². The van der Waals surface area contributed by atoms with Crippen LogP contribution in [0.25, 0.3) is 11.3 Å². The summed E-state index contributed by atoms with van der Waals surface area (Å²) in [5.41, 5.74) is 3.70. The first-order chi connectivity index (χ1) is 13.0. The van der Waals surface area contributed by atoms with Crippen molar-refractivity contribution in [3.05, 3.63) is 59.4 Å². The summed E-state index contributed by atoms with van der Waals surface area (Å²) in [6.45, 7) is 3.64. The van der Waals surface area contributed by atoms with Gasteiger partial charge in [-0.2, -0.15) is 4.98 Å². The molecule has 0 aliphatic heterocycles. The van der Waals surface area contributed by atoms with E-state index in [9.17, 15) is 0 Å². The van der Waals surface area contributed by atoms with Gasteiger partial charge in [-0.3, -0.25) is 4.98 Å². The smallest absolute Gasteiger partial charge is 0.225 e. The number of aromatic nitrogens is 3. The molecule has 3 aromatic rings. The van der Waals surface area contributed by atoms with Gasteiger partial charge in [0.05, 0.1) is 16.4 Å². The van der Waals surface area contributed by atoms with E-state index in [2.05, 4.69) is 30.5 Å². The second-order valence-corrected chi connectivity index (χ2v) is 6.94. The Hall–Kier alpha value is -2.70. The maximum Gasteiger partial charge on any atom is 0.225 e. The van der Waals surface area contributed by atoms with Gasteiger partial charge >= 0.3 is 0 Å². The van der Waals surface area contributed by atoms with Crippen LogP contribution in [0.1, 0.15) is 5.56 Å². The maximum atomic E-state index is 6.36. The fraction of sp³-hybridized carbons (Fsp3) is 0.250. The summed E-state index contributed by atoms with van der Waals surface area (Å²) in [7, 11) is 4.06. The van der Waals surface area contributed by atoms with E-state index in [1.807, 2.05) is 57.4 Å². The lowest BCUT2D eigenvalue weighted by atomic mass is 10.2. The lowest BCUT2D eigenvalue weighted by molar-refractivity contribution is 0.425. The quantitative estimate of drug-likeness (QED) is 0.637. The van der Waals surface area contributed by atoms with E-state index in [0.717, 1.165) is 35.6 Å². The van der Waals surface area contributed by atoms with E-state index in [1.165, 1.54) is 0 Å². The molecule has 7 heteroatoms. The highest BCUT2D eigenvalue weighted by Crippen LogP contribution is 2.28. The van der Waals surface area contributed by atoms with E-state index in [-0.39, 0.29) is 0 Å². The molecular formula is C20H23ClN6. The third-order valence-corrected chi connectivity index (χ3v) is 4.24. The molecule has 0 saturated heterocycles. The molecule has 0 aliphatic rings. The van der Waals surface area contributed by atoms with Crippen molar-refractivity contribution in [1.82, 2.24) is 19.9 Å². The lowest BCUT2D eigenvalue weighted by Gasteiger charge is -2.14.